The lowest BCUT2D eigenvalue weighted by atomic mass is 10.1. The first-order chi connectivity index (χ1) is 14.3. The molecule has 1 heterocycles. The lowest BCUT2D eigenvalue weighted by molar-refractivity contribution is -0.120. The molecule has 1 aliphatic heterocycles. The zero-order valence-corrected chi connectivity index (χ0v) is 18.7. The predicted octanol–water partition coefficient (Wildman–Crippen LogP) is 1.83. The molecule has 1 fully saturated rings. The Bertz CT molecular complexity index is 702. The zero-order chi connectivity index (χ0) is 22.1. The van der Waals surface area contributed by atoms with Crippen molar-refractivity contribution < 1.29 is 23.8 Å². The molecule has 1 saturated heterocycles. The number of nitrogens with zero attached hydrogens (tertiary/aromatic N) is 1. The normalized spacial score (nSPS) is 20.3. The molecular weight excluding hydrogens is 386 g/mol. The van der Waals surface area contributed by atoms with Crippen LogP contribution in [-0.2, 0) is 9.53 Å². The van der Waals surface area contributed by atoms with Crippen LogP contribution in [0, 0.1) is 0 Å². The van der Waals surface area contributed by atoms with Crippen molar-refractivity contribution in [3.63, 3.8) is 0 Å². The number of carbonyl (C=O) groups is 2. The van der Waals surface area contributed by atoms with Crippen molar-refractivity contribution in [2.45, 2.75) is 52.9 Å². The van der Waals surface area contributed by atoms with Crippen molar-refractivity contribution in [3.05, 3.63) is 23.8 Å². The van der Waals surface area contributed by atoms with Gasteiger partial charge in [0.1, 0.15) is 0 Å². The van der Waals surface area contributed by atoms with Crippen LogP contribution < -0.4 is 20.1 Å². The molecule has 0 aromatic heterocycles. The quantitative estimate of drug-likeness (QED) is 0.599. The molecule has 1 aliphatic rings. The second kappa shape index (κ2) is 11.8. The molecule has 1 aromatic rings. The Labute approximate surface area is 179 Å². The highest BCUT2D eigenvalue weighted by atomic mass is 16.5. The summed E-state index contributed by atoms with van der Waals surface area (Å²) in [5.41, 5.74) is 0.416. The molecule has 2 N–H and O–H groups in total. The number of benzene rings is 1. The van der Waals surface area contributed by atoms with Gasteiger partial charge in [0, 0.05) is 31.2 Å². The fourth-order valence-electron chi connectivity index (χ4n) is 3.49. The molecule has 2 rings (SSSR count). The molecule has 3 unspecified atom stereocenters. The van der Waals surface area contributed by atoms with Crippen molar-refractivity contribution in [3.8, 4) is 11.5 Å². The first-order valence-electron chi connectivity index (χ1n) is 10.7. The molecule has 0 aliphatic carbocycles. The van der Waals surface area contributed by atoms with Gasteiger partial charge in [-0.3, -0.25) is 14.5 Å². The third-order valence-electron chi connectivity index (χ3n) is 4.88. The van der Waals surface area contributed by atoms with Crippen molar-refractivity contribution in [2.24, 2.45) is 0 Å². The van der Waals surface area contributed by atoms with E-state index in [2.05, 4.69) is 36.3 Å². The lowest BCUT2D eigenvalue weighted by Crippen LogP contribution is -2.52. The Kier molecular flexibility index (Phi) is 9.39. The van der Waals surface area contributed by atoms with Crippen molar-refractivity contribution in [1.82, 2.24) is 15.5 Å². The first-order valence-corrected chi connectivity index (χ1v) is 10.7. The van der Waals surface area contributed by atoms with E-state index in [1.807, 2.05) is 13.8 Å². The Morgan fingerprint density at radius 3 is 2.37 bits per heavy atom. The van der Waals surface area contributed by atoms with Crippen LogP contribution in [0.25, 0.3) is 0 Å². The minimum absolute atomic E-state index is 0.0847. The monoisotopic (exact) mass is 421 g/mol. The van der Waals surface area contributed by atoms with Crippen LogP contribution in [0.4, 0.5) is 0 Å². The van der Waals surface area contributed by atoms with Crippen LogP contribution >= 0.6 is 0 Å². The van der Waals surface area contributed by atoms with Crippen molar-refractivity contribution >= 4 is 11.8 Å². The van der Waals surface area contributed by atoms with Crippen LogP contribution in [0.5, 0.6) is 11.5 Å². The van der Waals surface area contributed by atoms with Crippen LogP contribution in [0.1, 0.15) is 45.0 Å². The van der Waals surface area contributed by atoms with E-state index in [4.69, 9.17) is 14.2 Å². The molecule has 30 heavy (non-hydrogen) atoms. The molecule has 8 heteroatoms. The molecule has 0 saturated carbocycles. The number of hydrogen-bond donors (Lipinski definition) is 2. The second-order valence-corrected chi connectivity index (χ2v) is 7.57. The van der Waals surface area contributed by atoms with Gasteiger partial charge in [0.25, 0.3) is 5.91 Å². The number of carbonyl (C=O) groups excluding carboxylic acids is 2. The molecular formula is C22H35N3O5. The number of rotatable bonds is 10. The van der Waals surface area contributed by atoms with Gasteiger partial charge in [-0.15, -0.1) is 0 Å². The Hall–Kier alpha value is -2.32. The maximum Gasteiger partial charge on any atom is 0.251 e. The van der Waals surface area contributed by atoms with E-state index in [0.717, 1.165) is 13.1 Å². The summed E-state index contributed by atoms with van der Waals surface area (Å²) < 4.78 is 16.8. The highest BCUT2D eigenvalue weighted by molar-refractivity contribution is 5.97. The lowest BCUT2D eigenvalue weighted by Gasteiger charge is -2.39. The molecule has 2 amide bonds. The van der Waals surface area contributed by atoms with Gasteiger partial charge in [0.05, 0.1) is 32.0 Å². The van der Waals surface area contributed by atoms with E-state index < -0.39 is 0 Å². The van der Waals surface area contributed by atoms with Crippen LogP contribution in [0.3, 0.4) is 0 Å². The highest BCUT2D eigenvalue weighted by Crippen LogP contribution is 2.28. The van der Waals surface area contributed by atoms with E-state index >= 15 is 0 Å². The Morgan fingerprint density at radius 1 is 1.10 bits per heavy atom. The smallest absolute Gasteiger partial charge is 0.251 e. The number of ether oxygens (including phenoxy) is 3. The summed E-state index contributed by atoms with van der Waals surface area (Å²) in [4.78, 5) is 26.9. The van der Waals surface area contributed by atoms with Gasteiger partial charge in [-0.1, -0.05) is 0 Å². The van der Waals surface area contributed by atoms with Gasteiger partial charge < -0.3 is 24.8 Å². The SMILES string of the molecule is CCOc1ccc(C(=O)NCC(=O)NCC(C)N2CC(C)OC(C)C2)cc1OCC. The van der Waals surface area contributed by atoms with Gasteiger partial charge >= 0.3 is 0 Å². The van der Waals surface area contributed by atoms with E-state index in [0.29, 0.717) is 36.8 Å². The molecule has 0 bridgehead atoms. The van der Waals surface area contributed by atoms with Gasteiger partial charge in [-0.05, 0) is 52.8 Å². The summed E-state index contributed by atoms with van der Waals surface area (Å²) in [6.45, 7) is 13.0. The molecule has 0 radical (unpaired) electrons. The van der Waals surface area contributed by atoms with Crippen LogP contribution in [-0.4, -0.2) is 74.4 Å². The van der Waals surface area contributed by atoms with Gasteiger partial charge in [-0.2, -0.15) is 0 Å². The van der Waals surface area contributed by atoms with Gasteiger partial charge in [0.15, 0.2) is 11.5 Å². The van der Waals surface area contributed by atoms with E-state index in [1.54, 1.807) is 18.2 Å². The average molecular weight is 422 g/mol. The maximum absolute atomic E-state index is 12.4. The Morgan fingerprint density at radius 2 is 1.73 bits per heavy atom. The Balaban J connectivity index is 1.81. The summed E-state index contributed by atoms with van der Waals surface area (Å²) in [5, 5.41) is 5.55. The molecule has 1 aromatic carbocycles. The number of nitrogens with one attached hydrogen (secondary N) is 2. The first kappa shape index (κ1) is 24.0. The van der Waals surface area contributed by atoms with E-state index in [9.17, 15) is 9.59 Å². The molecule has 8 nitrogen and oxygen atoms in total. The zero-order valence-electron chi connectivity index (χ0n) is 18.7. The molecule has 3 atom stereocenters. The minimum atomic E-state index is -0.335. The summed E-state index contributed by atoms with van der Waals surface area (Å²) in [6, 6.07) is 5.18. The second-order valence-electron chi connectivity index (χ2n) is 7.57. The summed E-state index contributed by atoms with van der Waals surface area (Å²) in [5.74, 6) is 0.548. The summed E-state index contributed by atoms with van der Waals surface area (Å²) in [6.07, 6.45) is 0.365. The summed E-state index contributed by atoms with van der Waals surface area (Å²) >= 11 is 0. The summed E-state index contributed by atoms with van der Waals surface area (Å²) in [7, 11) is 0. The fraction of sp³-hybridized carbons (Fsp3) is 0.636. The number of morpholine rings is 1. The third-order valence-corrected chi connectivity index (χ3v) is 4.88. The van der Waals surface area contributed by atoms with Crippen LogP contribution in [0.2, 0.25) is 0 Å². The topological polar surface area (TPSA) is 89.1 Å². The van der Waals surface area contributed by atoms with E-state index in [1.165, 1.54) is 0 Å². The predicted molar refractivity (Wildman–Crippen MR) is 115 cm³/mol. The van der Waals surface area contributed by atoms with Crippen LogP contribution in [0.15, 0.2) is 18.2 Å². The van der Waals surface area contributed by atoms with Crippen molar-refractivity contribution in [2.75, 3.05) is 39.4 Å². The van der Waals surface area contributed by atoms with E-state index in [-0.39, 0.29) is 36.6 Å². The third kappa shape index (κ3) is 7.18. The van der Waals surface area contributed by atoms with Gasteiger partial charge in [-0.25, -0.2) is 0 Å². The minimum Gasteiger partial charge on any atom is -0.490 e. The largest absolute Gasteiger partial charge is 0.490 e. The highest BCUT2D eigenvalue weighted by Gasteiger charge is 2.25. The molecule has 0 spiro atoms. The fourth-order valence-corrected chi connectivity index (χ4v) is 3.49. The number of amides is 2. The maximum atomic E-state index is 12.4. The number of hydrogen-bond acceptors (Lipinski definition) is 6. The average Bonchev–Trinajstić information content (AvgIpc) is 2.71. The van der Waals surface area contributed by atoms with Crippen molar-refractivity contribution in [1.29, 1.82) is 0 Å². The van der Waals surface area contributed by atoms with Gasteiger partial charge in [0.2, 0.25) is 5.91 Å². The molecule has 168 valence electrons. The standard InChI is InChI=1S/C22H35N3O5/c1-6-28-19-9-8-18(10-20(19)29-7-2)22(27)24-12-21(26)23-11-15(3)25-13-16(4)30-17(5)14-25/h8-10,15-17H,6-7,11-14H2,1-5H3,(H,23,26)(H,24,27).